The van der Waals surface area contributed by atoms with Crippen molar-refractivity contribution in [2.75, 3.05) is 39.1 Å². The summed E-state index contributed by atoms with van der Waals surface area (Å²) < 4.78 is 36.0. The molecule has 0 bridgehead atoms. The van der Waals surface area contributed by atoms with Crippen molar-refractivity contribution < 1.29 is 22.1 Å². The Morgan fingerprint density at radius 3 is 2.79 bits per heavy atom. The van der Waals surface area contributed by atoms with Crippen LogP contribution in [0.15, 0.2) is 24.3 Å². The SMILES string of the molecule is Cc1nc(NC(=O)COS(=O)(=O)NCCN(C)C)sc1Oc1cccc(Cl)c1. The molecule has 0 aliphatic heterocycles. The number of carbonyl (C=O) groups excluding carboxylic acids is 1. The largest absolute Gasteiger partial charge is 0.445 e. The molecule has 154 valence electrons. The molecule has 0 atom stereocenters. The molecule has 0 radical (unpaired) electrons. The summed E-state index contributed by atoms with van der Waals surface area (Å²) in [6.45, 7) is 1.73. The van der Waals surface area contributed by atoms with Crippen molar-refractivity contribution in [3.8, 4) is 10.8 Å². The van der Waals surface area contributed by atoms with E-state index in [-0.39, 0.29) is 11.7 Å². The highest BCUT2D eigenvalue weighted by molar-refractivity contribution is 7.84. The summed E-state index contributed by atoms with van der Waals surface area (Å²) >= 11 is 7.03. The van der Waals surface area contributed by atoms with Gasteiger partial charge in [0.05, 0.1) is 5.69 Å². The number of halogens is 1. The van der Waals surface area contributed by atoms with Crippen LogP contribution in [0.5, 0.6) is 10.8 Å². The minimum atomic E-state index is -4.00. The number of carbonyl (C=O) groups is 1. The van der Waals surface area contributed by atoms with Crippen LogP contribution in [0.1, 0.15) is 5.69 Å². The second-order valence-corrected chi connectivity index (χ2v) is 8.74. The van der Waals surface area contributed by atoms with Gasteiger partial charge in [-0.05, 0) is 39.2 Å². The number of aromatic nitrogens is 1. The van der Waals surface area contributed by atoms with E-state index in [1.165, 1.54) is 0 Å². The van der Waals surface area contributed by atoms with Crippen molar-refractivity contribution in [1.82, 2.24) is 14.6 Å². The number of ether oxygens (including phenoxy) is 1. The first-order valence-corrected chi connectivity index (χ1v) is 10.7. The van der Waals surface area contributed by atoms with Crippen LogP contribution in [0.3, 0.4) is 0 Å². The number of hydrogen-bond acceptors (Lipinski definition) is 8. The van der Waals surface area contributed by atoms with Crippen LogP contribution in [0.2, 0.25) is 5.02 Å². The maximum absolute atomic E-state index is 11.9. The molecular weight excluding hydrogens is 428 g/mol. The van der Waals surface area contributed by atoms with Crippen LogP contribution in [-0.2, 0) is 19.3 Å². The molecule has 2 N–H and O–H groups in total. The Morgan fingerprint density at radius 2 is 2.11 bits per heavy atom. The van der Waals surface area contributed by atoms with Gasteiger partial charge in [0.15, 0.2) is 5.13 Å². The average molecular weight is 449 g/mol. The molecule has 1 aromatic heterocycles. The molecule has 1 aromatic carbocycles. The van der Waals surface area contributed by atoms with Gasteiger partial charge in [-0.3, -0.25) is 10.1 Å². The van der Waals surface area contributed by atoms with Gasteiger partial charge >= 0.3 is 10.3 Å². The molecular formula is C16H21ClN4O5S2. The Bertz CT molecular complexity index is 918. The zero-order valence-corrected chi connectivity index (χ0v) is 17.9. The molecule has 0 aliphatic carbocycles. The van der Waals surface area contributed by atoms with Crippen LogP contribution in [0, 0.1) is 6.92 Å². The zero-order chi connectivity index (χ0) is 20.7. The van der Waals surface area contributed by atoms with E-state index in [1.54, 1.807) is 31.2 Å². The number of hydrogen-bond donors (Lipinski definition) is 2. The van der Waals surface area contributed by atoms with Crippen LogP contribution in [0.25, 0.3) is 0 Å². The van der Waals surface area contributed by atoms with E-state index in [0.29, 0.717) is 28.1 Å². The average Bonchev–Trinajstić information content (AvgIpc) is 2.92. The summed E-state index contributed by atoms with van der Waals surface area (Å²) in [5.41, 5.74) is 0.569. The van der Waals surface area contributed by atoms with Gasteiger partial charge in [0.1, 0.15) is 12.4 Å². The lowest BCUT2D eigenvalue weighted by atomic mass is 10.3. The van der Waals surface area contributed by atoms with E-state index in [1.807, 2.05) is 19.0 Å². The molecule has 0 unspecified atom stereocenters. The van der Waals surface area contributed by atoms with Crippen LogP contribution in [-0.4, -0.2) is 58.0 Å². The van der Waals surface area contributed by atoms with Gasteiger partial charge in [0.25, 0.3) is 5.91 Å². The lowest BCUT2D eigenvalue weighted by Crippen LogP contribution is -2.34. The normalized spacial score (nSPS) is 11.6. The monoisotopic (exact) mass is 448 g/mol. The topological polar surface area (TPSA) is 110 Å². The fourth-order valence-electron chi connectivity index (χ4n) is 1.89. The number of anilines is 1. The Labute approximate surface area is 172 Å². The highest BCUT2D eigenvalue weighted by atomic mass is 35.5. The minimum absolute atomic E-state index is 0.173. The molecule has 12 heteroatoms. The molecule has 2 rings (SSSR count). The first kappa shape index (κ1) is 22.5. The van der Waals surface area contributed by atoms with Gasteiger partial charge in [-0.15, -0.1) is 0 Å². The lowest BCUT2D eigenvalue weighted by Gasteiger charge is -2.10. The second-order valence-electron chi connectivity index (χ2n) is 5.91. The van der Waals surface area contributed by atoms with Crippen LogP contribution in [0.4, 0.5) is 5.13 Å². The number of nitrogens with zero attached hydrogens (tertiary/aromatic N) is 2. The predicted octanol–water partition coefficient (Wildman–Crippen LogP) is 2.25. The summed E-state index contributed by atoms with van der Waals surface area (Å²) in [5.74, 6) is -0.114. The maximum Gasteiger partial charge on any atom is 0.336 e. The first-order valence-electron chi connectivity index (χ1n) is 8.14. The number of benzene rings is 1. The molecule has 0 saturated carbocycles. The molecule has 0 saturated heterocycles. The number of likely N-dealkylation sites (N-methyl/N-ethyl adjacent to an activating group) is 1. The number of aryl methyl sites for hydroxylation is 1. The molecule has 1 amide bonds. The van der Waals surface area contributed by atoms with Gasteiger partial charge < -0.3 is 9.64 Å². The Balaban J connectivity index is 1.87. The number of thiazole rings is 1. The van der Waals surface area contributed by atoms with Gasteiger partial charge in [-0.25, -0.2) is 9.17 Å². The summed E-state index contributed by atoms with van der Waals surface area (Å²) in [7, 11) is -0.387. The maximum atomic E-state index is 11.9. The standard InChI is InChI=1S/C16H21ClN4O5S2/c1-11-15(26-13-6-4-5-12(17)9-13)27-16(19-11)20-14(22)10-25-28(23,24)18-7-8-21(2)3/h4-6,9,18H,7-8,10H2,1-3H3,(H,19,20,22). The van der Waals surface area contributed by atoms with Crippen molar-refractivity contribution in [1.29, 1.82) is 0 Å². The van der Waals surface area contributed by atoms with E-state index in [4.69, 9.17) is 16.3 Å². The van der Waals surface area contributed by atoms with E-state index in [2.05, 4.69) is 19.2 Å². The fourth-order valence-corrected chi connectivity index (χ4v) is 3.61. The van der Waals surface area contributed by atoms with Crippen molar-refractivity contribution >= 4 is 44.3 Å². The third-order valence-electron chi connectivity index (χ3n) is 3.19. The van der Waals surface area contributed by atoms with E-state index in [0.717, 1.165) is 11.3 Å². The summed E-state index contributed by atoms with van der Waals surface area (Å²) in [6, 6.07) is 6.87. The van der Waals surface area contributed by atoms with E-state index >= 15 is 0 Å². The molecule has 0 aliphatic rings. The lowest BCUT2D eigenvalue weighted by molar-refractivity contribution is -0.118. The zero-order valence-electron chi connectivity index (χ0n) is 15.6. The summed E-state index contributed by atoms with van der Waals surface area (Å²) in [4.78, 5) is 17.9. The highest BCUT2D eigenvalue weighted by Crippen LogP contribution is 2.34. The Hall–Kier alpha value is -1.76. The molecule has 0 spiro atoms. The van der Waals surface area contributed by atoms with Crippen molar-refractivity contribution in [2.45, 2.75) is 6.92 Å². The van der Waals surface area contributed by atoms with Gasteiger partial charge in [-0.2, -0.15) is 13.1 Å². The van der Waals surface area contributed by atoms with Crippen molar-refractivity contribution in [2.24, 2.45) is 0 Å². The Kier molecular flexibility index (Phi) is 8.16. The van der Waals surface area contributed by atoms with Crippen LogP contribution >= 0.6 is 22.9 Å². The molecule has 2 aromatic rings. The summed E-state index contributed by atoms with van der Waals surface area (Å²) in [6.07, 6.45) is 0. The molecule has 9 nitrogen and oxygen atoms in total. The second kappa shape index (κ2) is 10.1. The van der Waals surface area contributed by atoms with Gasteiger partial charge in [0, 0.05) is 18.1 Å². The van der Waals surface area contributed by atoms with E-state index < -0.39 is 22.8 Å². The number of amides is 1. The quantitative estimate of drug-likeness (QED) is 0.573. The highest BCUT2D eigenvalue weighted by Gasteiger charge is 2.16. The number of rotatable bonds is 10. The van der Waals surface area contributed by atoms with Crippen LogP contribution < -0.4 is 14.8 Å². The number of nitrogens with one attached hydrogen (secondary N) is 2. The summed E-state index contributed by atoms with van der Waals surface area (Å²) in [5, 5.41) is 3.77. The fraction of sp³-hybridized carbons (Fsp3) is 0.375. The predicted molar refractivity (Wildman–Crippen MR) is 108 cm³/mol. The van der Waals surface area contributed by atoms with E-state index in [9.17, 15) is 13.2 Å². The van der Waals surface area contributed by atoms with Gasteiger partial charge in [0.2, 0.25) is 5.06 Å². The third kappa shape index (κ3) is 7.70. The molecule has 28 heavy (non-hydrogen) atoms. The molecule has 1 heterocycles. The minimum Gasteiger partial charge on any atom is -0.445 e. The van der Waals surface area contributed by atoms with Gasteiger partial charge in [-0.1, -0.05) is 29.0 Å². The van der Waals surface area contributed by atoms with Crippen molar-refractivity contribution in [3.63, 3.8) is 0 Å². The third-order valence-corrected chi connectivity index (χ3v) is 5.36. The molecule has 0 fully saturated rings. The first-order chi connectivity index (χ1) is 13.1. The van der Waals surface area contributed by atoms with Crippen molar-refractivity contribution in [3.05, 3.63) is 35.0 Å². The Morgan fingerprint density at radius 1 is 1.36 bits per heavy atom. The smallest absolute Gasteiger partial charge is 0.336 e.